The highest BCUT2D eigenvalue weighted by atomic mass is 16.5. The van der Waals surface area contributed by atoms with E-state index in [-0.39, 0.29) is 6.10 Å². The van der Waals surface area contributed by atoms with Crippen LogP contribution in [0.4, 0.5) is 23.5 Å². The van der Waals surface area contributed by atoms with E-state index in [1.165, 1.54) is 11.9 Å². The van der Waals surface area contributed by atoms with Crippen molar-refractivity contribution in [2.45, 2.75) is 19.1 Å². The van der Waals surface area contributed by atoms with E-state index in [9.17, 15) is 0 Å². The lowest BCUT2D eigenvalue weighted by molar-refractivity contribution is 0.0161. The maximum Gasteiger partial charge on any atom is 0.232 e. The number of anilines is 4. The normalized spacial score (nSPS) is 17.9. The van der Waals surface area contributed by atoms with Crippen molar-refractivity contribution in [1.29, 1.82) is 0 Å². The average Bonchev–Trinajstić information content (AvgIpc) is 3.41. The molecule has 38 heavy (non-hydrogen) atoms. The number of hydrogen-bond donors (Lipinski definition) is 2. The number of hydrogen-bond acceptors (Lipinski definition) is 11. The molecule has 0 amide bonds. The van der Waals surface area contributed by atoms with Gasteiger partial charge in [0.25, 0.3) is 0 Å². The molecule has 2 aliphatic heterocycles. The Morgan fingerprint density at radius 1 is 0.895 bits per heavy atom. The number of aromatic nitrogens is 7. The summed E-state index contributed by atoms with van der Waals surface area (Å²) in [6.07, 6.45) is 10.0. The monoisotopic (exact) mass is 513 g/mol. The minimum Gasteiger partial charge on any atom is -0.374 e. The summed E-state index contributed by atoms with van der Waals surface area (Å²) in [5, 5.41) is 11.0. The molecule has 4 aromatic rings. The molecule has 2 fully saturated rings. The number of nitrogens with zero attached hydrogens (tertiary/aromatic N) is 9. The standard InChI is InChI=1S/C26H31N11O/c1-2-4-20(5-3-1)12-21-13-28-25(29-14-21)35-7-9-36(10-8-35)26-31-19-30-24(34-26)33-22-15-32-37(17-22)18-23-16-27-6-11-38-23/h1-5,13-15,17,19,23,27H,6-12,16,18H2,(H,30,31,33,34)/t23-/m1/s1. The molecule has 6 rings (SSSR count). The van der Waals surface area contributed by atoms with Crippen molar-refractivity contribution in [1.82, 2.24) is 40.0 Å². The van der Waals surface area contributed by atoms with E-state index in [1.807, 2.05) is 29.3 Å². The fourth-order valence-corrected chi connectivity index (χ4v) is 4.64. The topological polar surface area (TPSA) is 122 Å². The van der Waals surface area contributed by atoms with Crippen LogP contribution in [-0.4, -0.2) is 86.7 Å². The molecule has 1 atom stereocenters. The summed E-state index contributed by atoms with van der Waals surface area (Å²) in [6, 6.07) is 10.4. The molecule has 0 spiro atoms. The molecule has 0 radical (unpaired) electrons. The Labute approximate surface area is 221 Å². The van der Waals surface area contributed by atoms with Gasteiger partial charge in [-0.3, -0.25) is 4.68 Å². The van der Waals surface area contributed by atoms with Gasteiger partial charge in [-0.2, -0.15) is 10.1 Å². The quantitative estimate of drug-likeness (QED) is 0.356. The summed E-state index contributed by atoms with van der Waals surface area (Å²) in [6.45, 7) is 6.27. The Kier molecular flexibility index (Phi) is 7.31. The highest BCUT2D eigenvalue weighted by Crippen LogP contribution is 2.18. The van der Waals surface area contributed by atoms with Crippen molar-refractivity contribution in [3.05, 3.63) is 72.6 Å². The lowest BCUT2D eigenvalue weighted by Crippen LogP contribution is -2.47. The lowest BCUT2D eigenvalue weighted by Gasteiger charge is -2.34. The number of benzene rings is 1. The van der Waals surface area contributed by atoms with Gasteiger partial charge in [-0.05, 0) is 11.1 Å². The second-order valence-electron chi connectivity index (χ2n) is 9.41. The molecule has 1 aromatic carbocycles. The van der Waals surface area contributed by atoms with Gasteiger partial charge >= 0.3 is 0 Å². The molecule has 0 aliphatic carbocycles. The summed E-state index contributed by atoms with van der Waals surface area (Å²) < 4.78 is 7.63. The van der Waals surface area contributed by atoms with Gasteiger partial charge < -0.3 is 25.2 Å². The van der Waals surface area contributed by atoms with E-state index in [2.05, 4.69) is 74.7 Å². The summed E-state index contributed by atoms with van der Waals surface area (Å²) >= 11 is 0. The first kappa shape index (κ1) is 24.2. The van der Waals surface area contributed by atoms with Crippen molar-refractivity contribution in [3.8, 4) is 0 Å². The SMILES string of the molecule is c1ccc(Cc2cnc(N3CCN(c4ncnc(Nc5cnn(C[C@H]6CNCCO6)c5)n4)CC3)nc2)cc1. The molecule has 3 aromatic heterocycles. The smallest absolute Gasteiger partial charge is 0.232 e. The third-order valence-electron chi connectivity index (χ3n) is 6.63. The highest BCUT2D eigenvalue weighted by Gasteiger charge is 2.21. The molecule has 12 nitrogen and oxygen atoms in total. The third kappa shape index (κ3) is 6.03. The Bertz CT molecular complexity index is 1300. The first-order valence-corrected chi connectivity index (χ1v) is 12.9. The van der Waals surface area contributed by atoms with Crippen molar-refractivity contribution in [2.24, 2.45) is 0 Å². The van der Waals surface area contributed by atoms with Crippen molar-refractivity contribution < 1.29 is 4.74 Å². The summed E-state index contributed by atoms with van der Waals surface area (Å²) in [4.78, 5) is 26.9. The van der Waals surface area contributed by atoms with E-state index in [4.69, 9.17) is 4.74 Å². The zero-order valence-corrected chi connectivity index (χ0v) is 21.1. The van der Waals surface area contributed by atoms with Crippen molar-refractivity contribution >= 4 is 23.5 Å². The van der Waals surface area contributed by atoms with E-state index < -0.39 is 0 Å². The van der Waals surface area contributed by atoms with Gasteiger partial charge in [-0.25, -0.2) is 19.9 Å². The van der Waals surface area contributed by atoms with Gasteiger partial charge in [-0.15, -0.1) is 0 Å². The van der Waals surface area contributed by atoms with E-state index >= 15 is 0 Å². The van der Waals surface area contributed by atoms with Gasteiger partial charge in [0.2, 0.25) is 17.8 Å². The zero-order chi connectivity index (χ0) is 25.6. The number of rotatable bonds is 8. The van der Waals surface area contributed by atoms with Crippen LogP contribution in [0.1, 0.15) is 11.1 Å². The van der Waals surface area contributed by atoms with E-state index in [1.54, 1.807) is 6.20 Å². The van der Waals surface area contributed by atoms with E-state index in [0.717, 1.165) is 69.5 Å². The van der Waals surface area contributed by atoms with Crippen LogP contribution in [0.2, 0.25) is 0 Å². The molecule has 2 N–H and O–H groups in total. The maximum absolute atomic E-state index is 5.76. The van der Waals surface area contributed by atoms with E-state index in [0.29, 0.717) is 18.4 Å². The molecule has 12 heteroatoms. The minimum atomic E-state index is 0.122. The first-order valence-electron chi connectivity index (χ1n) is 12.9. The highest BCUT2D eigenvalue weighted by molar-refractivity contribution is 5.51. The second kappa shape index (κ2) is 11.5. The molecular formula is C26H31N11O. The first-order chi connectivity index (χ1) is 18.8. The minimum absolute atomic E-state index is 0.122. The van der Waals surface area contributed by atoms with Gasteiger partial charge in [0.15, 0.2) is 0 Å². The van der Waals surface area contributed by atoms with Crippen molar-refractivity contribution in [3.63, 3.8) is 0 Å². The van der Waals surface area contributed by atoms with Crippen molar-refractivity contribution in [2.75, 3.05) is 61.0 Å². The van der Waals surface area contributed by atoms with Gasteiger partial charge in [0.1, 0.15) is 6.33 Å². The Morgan fingerprint density at radius 3 is 2.45 bits per heavy atom. The second-order valence-corrected chi connectivity index (χ2v) is 9.41. The third-order valence-corrected chi connectivity index (χ3v) is 6.63. The zero-order valence-electron chi connectivity index (χ0n) is 21.1. The van der Waals surface area contributed by atoms with Crippen LogP contribution in [0.15, 0.2) is 61.4 Å². The van der Waals surface area contributed by atoms with Gasteiger partial charge in [0, 0.05) is 64.3 Å². The molecule has 0 unspecified atom stereocenters. The lowest BCUT2D eigenvalue weighted by atomic mass is 10.1. The van der Waals surface area contributed by atoms with Crippen LogP contribution in [-0.2, 0) is 17.7 Å². The number of piperazine rings is 1. The molecule has 0 bridgehead atoms. The molecule has 5 heterocycles. The van der Waals surface area contributed by atoms with Gasteiger partial charge in [0.05, 0.1) is 31.1 Å². The molecule has 196 valence electrons. The predicted octanol–water partition coefficient (Wildman–Crippen LogP) is 1.51. The average molecular weight is 514 g/mol. The summed E-state index contributed by atoms with van der Waals surface area (Å²) in [5.74, 6) is 1.89. The van der Waals surface area contributed by atoms with Crippen LogP contribution in [0, 0.1) is 0 Å². The Morgan fingerprint density at radius 2 is 1.68 bits per heavy atom. The largest absolute Gasteiger partial charge is 0.374 e. The van der Waals surface area contributed by atoms with Crippen LogP contribution in [0.3, 0.4) is 0 Å². The maximum atomic E-state index is 5.76. The molecule has 2 aliphatic rings. The Balaban J connectivity index is 1.02. The fraction of sp³-hybridized carbons (Fsp3) is 0.385. The molecule has 2 saturated heterocycles. The van der Waals surface area contributed by atoms with Crippen LogP contribution in [0.25, 0.3) is 0 Å². The van der Waals surface area contributed by atoms with Gasteiger partial charge in [-0.1, -0.05) is 30.3 Å². The summed E-state index contributed by atoms with van der Waals surface area (Å²) in [7, 11) is 0. The number of nitrogens with one attached hydrogen (secondary N) is 2. The molecular weight excluding hydrogens is 482 g/mol. The molecule has 0 saturated carbocycles. The van der Waals surface area contributed by atoms with Crippen LogP contribution in [0.5, 0.6) is 0 Å². The Hall–Kier alpha value is -4.16. The van der Waals surface area contributed by atoms with Crippen LogP contribution >= 0.6 is 0 Å². The number of ether oxygens (including phenoxy) is 1. The summed E-state index contributed by atoms with van der Waals surface area (Å²) in [5.41, 5.74) is 3.18. The number of morpholine rings is 1. The van der Waals surface area contributed by atoms with Crippen LogP contribution < -0.4 is 20.4 Å². The fourth-order valence-electron chi connectivity index (χ4n) is 4.64. The predicted molar refractivity (Wildman–Crippen MR) is 144 cm³/mol.